The molecule has 1 amide bonds. The Labute approximate surface area is 158 Å². The number of nitrogens with zero attached hydrogens (tertiary/aromatic N) is 1. The van der Waals surface area contributed by atoms with Crippen LogP contribution in [0.4, 0.5) is 4.39 Å². The molecule has 2 aromatic rings. The molecule has 1 fully saturated rings. The molecule has 1 N–H and O–H groups in total. The van der Waals surface area contributed by atoms with Gasteiger partial charge in [-0.3, -0.25) is 4.79 Å². The van der Waals surface area contributed by atoms with Crippen LogP contribution in [0.3, 0.4) is 0 Å². The van der Waals surface area contributed by atoms with Crippen molar-refractivity contribution in [2.45, 2.75) is 29.6 Å². The highest BCUT2D eigenvalue weighted by Gasteiger charge is 2.39. The van der Waals surface area contributed by atoms with Gasteiger partial charge in [-0.05, 0) is 47.0 Å². The van der Waals surface area contributed by atoms with Crippen LogP contribution in [0.1, 0.15) is 18.4 Å². The van der Waals surface area contributed by atoms with Crippen LogP contribution < -0.4 is 5.32 Å². The smallest absolute Gasteiger partial charge is 0.253 e. The van der Waals surface area contributed by atoms with Gasteiger partial charge in [-0.25, -0.2) is 12.8 Å². The Kier molecular flexibility index (Phi) is 5.57. The molecule has 1 aromatic heterocycles. The van der Waals surface area contributed by atoms with E-state index in [-0.39, 0.29) is 10.8 Å². The average Bonchev–Trinajstić information content (AvgIpc) is 3.23. The van der Waals surface area contributed by atoms with Gasteiger partial charge in [0, 0.05) is 18.7 Å². The second-order valence-corrected chi connectivity index (χ2v) is 10.2. The number of nitrogens with one attached hydrogen (secondary N) is 1. The largest absolute Gasteiger partial charge is 0.351 e. The zero-order chi connectivity index (χ0) is 18.0. The maximum atomic E-state index is 13.6. The number of carbonyl (C=O) groups excluding carboxylic acids is 1. The molecule has 5 nitrogen and oxygen atoms in total. The second-order valence-electron chi connectivity index (χ2n) is 5.64. The summed E-state index contributed by atoms with van der Waals surface area (Å²) in [4.78, 5) is 12.5. The van der Waals surface area contributed by atoms with Crippen LogP contribution in [0.25, 0.3) is 0 Å². The van der Waals surface area contributed by atoms with E-state index in [1.54, 1.807) is 24.3 Å². The van der Waals surface area contributed by atoms with Crippen molar-refractivity contribution in [2.24, 2.45) is 0 Å². The number of carbonyl (C=O) groups is 1. The van der Waals surface area contributed by atoms with Crippen LogP contribution in [-0.2, 0) is 21.4 Å². The summed E-state index contributed by atoms with van der Waals surface area (Å²) < 4.78 is 41.3. The SMILES string of the molecule is O=C(NCc1ccccc1F)[C@H]1CCCN1S(=O)(=O)c1ccc(Br)s1. The van der Waals surface area contributed by atoms with Gasteiger partial charge in [0.25, 0.3) is 10.0 Å². The quantitative estimate of drug-likeness (QED) is 0.766. The van der Waals surface area contributed by atoms with Crippen molar-refractivity contribution < 1.29 is 17.6 Å². The van der Waals surface area contributed by atoms with Crippen molar-refractivity contribution in [3.63, 3.8) is 0 Å². The fourth-order valence-corrected chi connectivity index (χ4v) is 6.58. The van der Waals surface area contributed by atoms with Crippen LogP contribution in [0.2, 0.25) is 0 Å². The molecule has 0 saturated carbocycles. The molecule has 1 atom stereocenters. The minimum Gasteiger partial charge on any atom is -0.351 e. The van der Waals surface area contributed by atoms with Gasteiger partial charge in [0.1, 0.15) is 16.1 Å². The summed E-state index contributed by atoms with van der Waals surface area (Å²) in [5.74, 6) is -0.804. The van der Waals surface area contributed by atoms with Crippen molar-refractivity contribution in [1.82, 2.24) is 9.62 Å². The summed E-state index contributed by atoms with van der Waals surface area (Å²) >= 11 is 4.37. The number of amides is 1. The zero-order valence-electron chi connectivity index (χ0n) is 13.1. The summed E-state index contributed by atoms with van der Waals surface area (Å²) in [6.07, 6.45) is 1.07. The molecular weight excluding hydrogens is 431 g/mol. The third-order valence-corrected chi connectivity index (χ3v) is 8.03. The zero-order valence-corrected chi connectivity index (χ0v) is 16.3. The lowest BCUT2D eigenvalue weighted by Crippen LogP contribution is -2.45. The van der Waals surface area contributed by atoms with E-state index in [0.29, 0.717) is 28.7 Å². The molecule has 0 radical (unpaired) electrons. The lowest BCUT2D eigenvalue weighted by molar-refractivity contribution is -0.124. The van der Waals surface area contributed by atoms with Crippen LogP contribution in [-0.4, -0.2) is 31.2 Å². The Bertz CT molecular complexity index is 885. The first-order valence-electron chi connectivity index (χ1n) is 7.68. The molecule has 134 valence electrons. The number of hydrogen-bond acceptors (Lipinski definition) is 4. The molecule has 9 heteroatoms. The van der Waals surface area contributed by atoms with Crippen molar-refractivity contribution >= 4 is 43.2 Å². The number of rotatable bonds is 5. The number of sulfonamides is 1. The highest BCUT2D eigenvalue weighted by atomic mass is 79.9. The highest BCUT2D eigenvalue weighted by Crippen LogP contribution is 2.32. The first kappa shape index (κ1) is 18.5. The average molecular weight is 447 g/mol. The first-order chi connectivity index (χ1) is 11.9. The van der Waals surface area contributed by atoms with Crippen LogP contribution in [0.15, 0.2) is 44.4 Å². The van der Waals surface area contributed by atoms with Crippen LogP contribution in [0.5, 0.6) is 0 Å². The first-order valence-corrected chi connectivity index (χ1v) is 10.7. The van der Waals surface area contributed by atoms with Gasteiger partial charge in [-0.2, -0.15) is 4.31 Å². The Morgan fingerprint density at radius 2 is 2.08 bits per heavy atom. The van der Waals surface area contributed by atoms with E-state index >= 15 is 0 Å². The van der Waals surface area contributed by atoms with Crippen molar-refractivity contribution in [3.8, 4) is 0 Å². The highest BCUT2D eigenvalue weighted by molar-refractivity contribution is 9.11. The Hall–Kier alpha value is -1.29. The standard InChI is InChI=1S/C16H16BrFN2O3S2/c17-14-7-8-15(24-14)25(22,23)20-9-3-6-13(20)16(21)19-10-11-4-1-2-5-12(11)18/h1-2,4-5,7-8,13H,3,6,9-10H2,(H,19,21)/t13-/m1/s1. The third kappa shape index (κ3) is 3.94. The fourth-order valence-electron chi connectivity index (χ4n) is 2.78. The minimum absolute atomic E-state index is 0.0282. The summed E-state index contributed by atoms with van der Waals surface area (Å²) in [5, 5.41) is 2.65. The van der Waals surface area contributed by atoms with Gasteiger partial charge in [0.05, 0.1) is 3.79 Å². The lowest BCUT2D eigenvalue weighted by atomic mass is 10.2. The number of benzene rings is 1. The molecule has 0 aliphatic carbocycles. The minimum atomic E-state index is -3.72. The van der Waals surface area contributed by atoms with E-state index in [1.807, 2.05) is 0 Å². The van der Waals surface area contributed by atoms with Gasteiger partial charge in [0.15, 0.2) is 0 Å². The summed E-state index contributed by atoms with van der Waals surface area (Å²) in [7, 11) is -3.72. The van der Waals surface area contributed by atoms with E-state index in [1.165, 1.54) is 16.4 Å². The van der Waals surface area contributed by atoms with E-state index in [9.17, 15) is 17.6 Å². The van der Waals surface area contributed by atoms with Crippen LogP contribution >= 0.6 is 27.3 Å². The predicted octanol–water partition coefficient (Wildman–Crippen LogP) is 3.12. The molecule has 0 spiro atoms. The van der Waals surface area contributed by atoms with Gasteiger partial charge in [0.2, 0.25) is 5.91 Å². The van der Waals surface area contributed by atoms with Crippen LogP contribution in [0, 0.1) is 5.82 Å². The Balaban J connectivity index is 1.73. The summed E-state index contributed by atoms with van der Waals surface area (Å²) in [6.45, 7) is 0.329. The maximum Gasteiger partial charge on any atom is 0.253 e. The monoisotopic (exact) mass is 446 g/mol. The number of thiophene rings is 1. The molecule has 0 bridgehead atoms. The maximum absolute atomic E-state index is 13.6. The number of halogens is 2. The van der Waals surface area contributed by atoms with E-state index in [2.05, 4.69) is 21.2 Å². The van der Waals surface area contributed by atoms with E-state index < -0.39 is 27.8 Å². The summed E-state index contributed by atoms with van der Waals surface area (Å²) in [6, 6.07) is 8.59. The van der Waals surface area contributed by atoms with Gasteiger partial charge in [-0.15, -0.1) is 11.3 Å². The molecule has 3 rings (SSSR count). The second kappa shape index (κ2) is 7.53. The Morgan fingerprint density at radius 1 is 1.32 bits per heavy atom. The molecule has 1 saturated heterocycles. The normalized spacial score (nSPS) is 18.4. The van der Waals surface area contributed by atoms with E-state index in [4.69, 9.17) is 0 Å². The number of hydrogen-bond donors (Lipinski definition) is 1. The third-order valence-electron chi connectivity index (χ3n) is 4.03. The van der Waals surface area contributed by atoms with E-state index in [0.717, 1.165) is 11.3 Å². The predicted molar refractivity (Wildman–Crippen MR) is 97.2 cm³/mol. The molecule has 2 heterocycles. The van der Waals surface area contributed by atoms with Crippen molar-refractivity contribution in [3.05, 3.63) is 51.6 Å². The molecule has 25 heavy (non-hydrogen) atoms. The molecule has 1 aliphatic heterocycles. The summed E-state index contributed by atoms with van der Waals surface area (Å²) in [5.41, 5.74) is 0.366. The Morgan fingerprint density at radius 3 is 2.76 bits per heavy atom. The molecule has 0 unspecified atom stereocenters. The molecule has 1 aliphatic rings. The fraction of sp³-hybridized carbons (Fsp3) is 0.312. The van der Waals surface area contributed by atoms with Crippen molar-refractivity contribution in [1.29, 1.82) is 0 Å². The molecule has 1 aromatic carbocycles. The van der Waals surface area contributed by atoms with Crippen molar-refractivity contribution in [2.75, 3.05) is 6.54 Å². The van der Waals surface area contributed by atoms with Gasteiger partial charge >= 0.3 is 0 Å². The van der Waals surface area contributed by atoms with Gasteiger partial charge < -0.3 is 5.32 Å². The molecular formula is C16H16BrFN2O3S2. The van der Waals surface area contributed by atoms with Gasteiger partial charge in [-0.1, -0.05) is 18.2 Å². The topological polar surface area (TPSA) is 66.5 Å². The lowest BCUT2D eigenvalue weighted by Gasteiger charge is -2.22.